The van der Waals surface area contributed by atoms with Gasteiger partial charge in [-0.2, -0.15) is 0 Å². The molecule has 2 heterocycles. The fraction of sp³-hybridized carbons (Fsp3) is 0.588. The van der Waals surface area contributed by atoms with E-state index in [0.29, 0.717) is 5.91 Å². The van der Waals surface area contributed by atoms with E-state index in [1.54, 1.807) is 0 Å². The van der Waals surface area contributed by atoms with Gasteiger partial charge < -0.3 is 20.4 Å². The molecule has 0 aromatic heterocycles. The maximum atomic E-state index is 12.6. The molecule has 0 atom stereocenters. The Morgan fingerprint density at radius 1 is 1.00 bits per heavy atom. The number of amides is 1. The van der Waals surface area contributed by atoms with Gasteiger partial charge in [-0.05, 0) is 44.2 Å². The van der Waals surface area contributed by atoms with Crippen molar-refractivity contribution >= 4 is 17.3 Å². The minimum absolute atomic E-state index is 0.202. The standard InChI is InChI=1S/C17H26N4O/c1-19-10-12-21(13-11-19)17(22)14-6-8-20(9-7-14)16-4-2-15(18)3-5-16/h2-5,14H,6-13,18H2,1H3. The number of nitrogens with two attached hydrogens (primary N) is 1. The molecule has 0 spiro atoms. The number of carbonyl (C=O) groups is 1. The number of hydrogen-bond acceptors (Lipinski definition) is 4. The number of anilines is 2. The van der Waals surface area contributed by atoms with Crippen molar-refractivity contribution in [1.29, 1.82) is 0 Å². The Balaban J connectivity index is 1.53. The first-order valence-electron chi connectivity index (χ1n) is 8.21. The van der Waals surface area contributed by atoms with Crippen LogP contribution < -0.4 is 10.6 Å². The molecule has 1 amide bonds. The normalized spacial score (nSPS) is 21.1. The summed E-state index contributed by atoms with van der Waals surface area (Å²) in [5.74, 6) is 0.568. The van der Waals surface area contributed by atoms with E-state index >= 15 is 0 Å². The Labute approximate surface area is 132 Å². The number of nitrogens with zero attached hydrogens (tertiary/aromatic N) is 3. The molecule has 5 heteroatoms. The molecule has 2 aliphatic rings. The van der Waals surface area contributed by atoms with Crippen LogP contribution in [0.1, 0.15) is 12.8 Å². The fourth-order valence-corrected chi connectivity index (χ4v) is 3.35. The van der Waals surface area contributed by atoms with Crippen molar-refractivity contribution in [2.75, 3.05) is 56.9 Å². The summed E-state index contributed by atoms with van der Waals surface area (Å²) in [6.07, 6.45) is 1.91. The second-order valence-corrected chi connectivity index (χ2v) is 6.48. The zero-order chi connectivity index (χ0) is 15.5. The number of rotatable bonds is 2. The Morgan fingerprint density at radius 2 is 1.59 bits per heavy atom. The number of carbonyl (C=O) groups excluding carboxylic acids is 1. The van der Waals surface area contributed by atoms with Gasteiger partial charge >= 0.3 is 0 Å². The van der Waals surface area contributed by atoms with Crippen LogP contribution in [0.3, 0.4) is 0 Å². The van der Waals surface area contributed by atoms with E-state index in [-0.39, 0.29) is 5.92 Å². The predicted octanol–water partition coefficient (Wildman–Crippen LogP) is 1.26. The summed E-state index contributed by atoms with van der Waals surface area (Å²) in [4.78, 5) is 19.3. The summed E-state index contributed by atoms with van der Waals surface area (Å²) >= 11 is 0. The molecule has 0 radical (unpaired) electrons. The van der Waals surface area contributed by atoms with E-state index in [2.05, 4.69) is 33.9 Å². The maximum absolute atomic E-state index is 12.6. The molecule has 0 aliphatic carbocycles. The maximum Gasteiger partial charge on any atom is 0.225 e. The monoisotopic (exact) mass is 302 g/mol. The molecule has 1 aromatic carbocycles. The Kier molecular flexibility index (Phi) is 4.52. The van der Waals surface area contributed by atoms with Gasteiger partial charge in [0.15, 0.2) is 0 Å². The van der Waals surface area contributed by atoms with Crippen LogP contribution in [0.4, 0.5) is 11.4 Å². The average Bonchev–Trinajstić information content (AvgIpc) is 2.56. The molecule has 0 bridgehead atoms. The smallest absolute Gasteiger partial charge is 0.225 e. The summed E-state index contributed by atoms with van der Waals surface area (Å²) in [6, 6.07) is 8.02. The fourth-order valence-electron chi connectivity index (χ4n) is 3.35. The van der Waals surface area contributed by atoms with Gasteiger partial charge in [0, 0.05) is 56.6 Å². The highest BCUT2D eigenvalue weighted by Gasteiger charge is 2.29. The van der Waals surface area contributed by atoms with Crippen molar-refractivity contribution in [1.82, 2.24) is 9.80 Å². The highest BCUT2D eigenvalue weighted by molar-refractivity contribution is 5.79. The van der Waals surface area contributed by atoms with Gasteiger partial charge in [0.2, 0.25) is 5.91 Å². The summed E-state index contributed by atoms with van der Waals surface area (Å²) < 4.78 is 0. The van der Waals surface area contributed by atoms with E-state index in [4.69, 9.17) is 5.73 Å². The van der Waals surface area contributed by atoms with Gasteiger partial charge in [-0.15, -0.1) is 0 Å². The molecule has 3 rings (SSSR count). The van der Waals surface area contributed by atoms with Crippen molar-refractivity contribution in [2.45, 2.75) is 12.8 Å². The van der Waals surface area contributed by atoms with E-state index < -0.39 is 0 Å². The minimum Gasteiger partial charge on any atom is -0.399 e. The second kappa shape index (κ2) is 6.57. The number of likely N-dealkylation sites (N-methyl/N-ethyl adjacent to an activating group) is 1. The summed E-state index contributed by atoms with van der Waals surface area (Å²) in [5, 5.41) is 0. The summed E-state index contributed by atoms with van der Waals surface area (Å²) in [7, 11) is 2.12. The largest absolute Gasteiger partial charge is 0.399 e. The number of piperazine rings is 1. The van der Waals surface area contributed by atoms with Crippen LogP contribution in [0.15, 0.2) is 24.3 Å². The molecule has 0 unspecified atom stereocenters. The van der Waals surface area contributed by atoms with Crippen molar-refractivity contribution in [3.05, 3.63) is 24.3 Å². The number of hydrogen-bond donors (Lipinski definition) is 1. The van der Waals surface area contributed by atoms with E-state index in [1.807, 2.05) is 12.1 Å². The van der Waals surface area contributed by atoms with Crippen molar-refractivity contribution < 1.29 is 4.79 Å². The third-order valence-corrected chi connectivity index (χ3v) is 4.92. The van der Waals surface area contributed by atoms with E-state index in [9.17, 15) is 4.79 Å². The van der Waals surface area contributed by atoms with Crippen LogP contribution in [0.2, 0.25) is 0 Å². The van der Waals surface area contributed by atoms with Gasteiger partial charge in [-0.25, -0.2) is 0 Å². The van der Waals surface area contributed by atoms with Crippen LogP contribution >= 0.6 is 0 Å². The van der Waals surface area contributed by atoms with Gasteiger partial charge in [-0.1, -0.05) is 0 Å². The number of piperidine rings is 1. The van der Waals surface area contributed by atoms with Crippen LogP contribution in [0, 0.1) is 5.92 Å². The molecule has 2 aliphatic heterocycles. The van der Waals surface area contributed by atoms with E-state index in [0.717, 1.165) is 57.8 Å². The first kappa shape index (κ1) is 15.2. The SMILES string of the molecule is CN1CCN(C(=O)C2CCN(c3ccc(N)cc3)CC2)CC1. The minimum atomic E-state index is 0.202. The number of benzene rings is 1. The highest BCUT2D eigenvalue weighted by atomic mass is 16.2. The molecule has 1 aromatic rings. The summed E-state index contributed by atoms with van der Waals surface area (Å²) in [6.45, 7) is 5.66. The molecule has 5 nitrogen and oxygen atoms in total. The second-order valence-electron chi connectivity index (χ2n) is 6.48. The summed E-state index contributed by atoms with van der Waals surface area (Å²) in [5.41, 5.74) is 7.74. The van der Waals surface area contributed by atoms with Gasteiger partial charge in [0.05, 0.1) is 0 Å². The zero-order valence-corrected chi connectivity index (χ0v) is 13.4. The first-order chi connectivity index (χ1) is 10.6. The molecule has 22 heavy (non-hydrogen) atoms. The topological polar surface area (TPSA) is 52.8 Å². The van der Waals surface area contributed by atoms with Gasteiger partial charge in [0.25, 0.3) is 0 Å². The lowest BCUT2D eigenvalue weighted by Gasteiger charge is -2.38. The lowest BCUT2D eigenvalue weighted by Crippen LogP contribution is -2.50. The van der Waals surface area contributed by atoms with E-state index in [1.165, 1.54) is 5.69 Å². The third-order valence-electron chi connectivity index (χ3n) is 4.92. The van der Waals surface area contributed by atoms with Crippen molar-refractivity contribution in [3.63, 3.8) is 0 Å². The highest BCUT2D eigenvalue weighted by Crippen LogP contribution is 2.25. The molecular weight excluding hydrogens is 276 g/mol. The Bertz CT molecular complexity index is 500. The zero-order valence-electron chi connectivity index (χ0n) is 13.4. The van der Waals surface area contributed by atoms with Crippen LogP contribution in [-0.2, 0) is 4.79 Å². The molecule has 0 saturated carbocycles. The number of nitrogen functional groups attached to an aromatic ring is 1. The first-order valence-corrected chi connectivity index (χ1v) is 8.21. The molecule has 2 saturated heterocycles. The van der Waals surface area contributed by atoms with Gasteiger partial charge in [-0.3, -0.25) is 4.79 Å². The quantitative estimate of drug-likeness (QED) is 0.836. The lowest BCUT2D eigenvalue weighted by atomic mass is 9.94. The molecule has 120 valence electrons. The molecular formula is C17H26N4O. The van der Waals surface area contributed by atoms with Crippen LogP contribution in [-0.4, -0.2) is 62.0 Å². The lowest BCUT2D eigenvalue weighted by molar-refractivity contribution is -0.137. The Hall–Kier alpha value is -1.75. The predicted molar refractivity (Wildman–Crippen MR) is 89.9 cm³/mol. The Morgan fingerprint density at radius 3 is 2.18 bits per heavy atom. The van der Waals surface area contributed by atoms with Gasteiger partial charge in [0.1, 0.15) is 0 Å². The molecule has 2 N–H and O–H groups in total. The van der Waals surface area contributed by atoms with Crippen LogP contribution in [0.5, 0.6) is 0 Å². The average molecular weight is 302 g/mol. The third kappa shape index (κ3) is 3.35. The van der Waals surface area contributed by atoms with Crippen LogP contribution in [0.25, 0.3) is 0 Å². The van der Waals surface area contributed by atoms with Crippen molar-refractivity contribution in [2.24, 2.45) is 5.92 Å². The molecule has 2 fully saturated rings. The van der Waals surface area contributed by atoms with Crippen molar-refractivity contribution in [3.8, 4) is 0 Å².